The summed E-state index contributed by atoms with van der Waals surface area (Å²) in [5, 5.41) is 7.94. The molecule has 1 heterocycles. The van der Waals surface area contributed by atoms with Gasteiger partial charge in [-0.3, -0.25) is 10.4 Å². The molecule has 0 aliphatic rings. The number of pyridine rings is 1. The van der Waals surface area contributed by atoms with Crippen LogP contribution in [0.25, 0.3) is 0 Å². The highest BCUT2D eigenvalue weighted by molar-refractivity contribution is 6.05. The highest BCUT2D eigenvalue weighted by Crippen LogP contribution is 2.35. The predicted molar refractivity (Wildman–Crippen MR) is 138 cm³/mol. The minimum absolute atomic E-state index is 0.0848. The van der Waals surface area contributed by atoms with Gasteiger partial charge in [-0.2, -0.15) is 13.2 Å². The van der Waals surface area contributed by atoms with E-state index in [-0.39, 0.29) is 5.69 Å². The lowest BCUT2D eigenvalue weighted by molar-refractivity contribution is -0.0925. The van der Waals surface area contributed by atoms with Gasteiger partial charge in [0, 0.05) is 11.4 Å². The number of ether oxygens (including phenoxy) is 1. The van der Waals surface area contributed by atoms with E-state index in [9.17, 15) is 13.2 Å². The number of hydrogen-bond acceptors (Lipinski definition) is 5. The predicted octanol–water partition coefficient (Wildman–Crippen LogP) is 7.59. The van der Waals surface area contributed by atoms with Crippen molar-refractivity contribution in [1.29, 1.82) is 5.41 Å². The summed E-state index contributed by atoms with van der Waals surface area (Å²) in [5.41, 5.74) is 6.93. The quantitative estimate of drug-likeness (QED) is 0.212. The van der Waals surface area contributed by atoms with Crippen molar-refractivity contribution in [3.63, 3.8) is 0 Å². The molecule has 0 aliphatic heterocycles. The summed E-state index contributed by atoms with van der Waals surface area (Å²) >= 11 is 0. The fraction of sp³-hybridized carbons (Fsp3) is 0.286. The second kappa shape index (κ2) is 12.2. The Hall–Kier alpha value is -3.81. The van der Waals surface area contributed by atoms with Crippen molar-refractivity contribution in [2.45, 2.75) is 45.7 Å². The molecule has 36 heavy (non-hydrogen) atoms. The third-order valence-electron chi connectivity index (χ3n) is 5.56. The lowest BCUT2D eigenvalue weighted by atomic mass is 10.1. The highest BCUT2D eigenvalue weighted by atomic mass is 19.4. The van der Waals surface area contributed by atoms with Crippen molar-refractivity contribution in [3.8, 4) is 5.75 Å². The minimum Gasteiger partial charge on any atom is -0.494 e. The molecule has 0 spiro atoms. The van der Waals surface area contributed by atoms with Gasteiger partial charge >= 0.3 is 6.18 Å². The number of hydrogen-bond donors (Lipinski definition) is 2. The summed E-state index contributed by atoms with van der Waals surface area (Å²) in [6.07, 6.45) is 1.95. The fourth-order valence-electron chi connectivity index (χ4n) is 3.54. The summed E-state index contributed by atoms with van der Waals surface area (Å²) in [4.78, 5) is 6.20. The number of nitrogens with one attached hydrogen (secondary N) is 1. The van der Waals surface area contributed by atoms with Gasteiger partial charge in [0.15, 0.2) is 0 Å². The molecule has 0 fully saturated rings. The summed E-state index contributed by atoms with van der Waals surface area (Å²) in [6.45, 7) is 4.85. The van der Waals surface area contributed by atoms with Gasteiger partial charge in [0.25, 0.3) is 0 Å². The van der Waals surface area contributed by atoms with E-state index in [4.69, 9.17) is 15.9 Å². The Bertz CT molecular complexity index is 1160. The van der Waals surface area contributed by atoms with E-state index in [2.05, 4.69) is 11.9 Å². The van der Waals surface area contributed by atoms with Crippen molar-refractivity contribution >= 4 is 22.8 Å². The van der Waals surface area contributed by atoms with Crippen LogP contribution in [0.5, 0.6) is 5.75 Å². The molecule has 0 saturated heterocycles. The molecular formula is C28H31F3N4O. The maximum atomic E-state index is 12.7. The molecule has 0 aliphatic carbocycles. The molecule has 0 radical (unpaired) electrons. The zero-order valence-electron chi connectivity index (χ0n) is 20.5. The molecule has 0 atom stereocenters. The molecule has 0 unspecified atom stereocenters. The third-order valence-corrected chi connectivity index (χ3v) is 5.56. The van der Waals surface area contributed by atoms with Crippen LogP contribution in [0.2, 0.25) is 0 Å². The van der Waals surface area contributed by atoms with E-state index in [1.165, 1.54) is 25.1 Å². The Kier molecular flexibility index (Phi) is 9.11. The summed E-state index contributed by atoms with van der Waals surface area (Å²) in [7, 11) is 0. The maximum Gasteiger partial charge on any atom is 0.430 e. The van der Waals surface area contributed by atoms with E-state index >= 15 is 0 Å². The SMILES string of the molecule is CCCCCCOc1ccc(N(c2ccc(C)cc2)c2ccc(C(=N)C=C(N)C(F)(F)F)nc2)cc1. The lowest BCUT2D eigenvalue weighted by Crippen LogP contribution is -2.21. The molecule has 3 N–H and O–H groups in total. The Morgan fingerprint density at radius 3 is 2.11 bits per heavy atom. The minimum atomic E-state index is -4.69. The number of unbranched alkanes of at least 4 members (excludes halogenated alkanes) is 3. The van der Waals surface area contributed by atoms with Crippen LogP contribution in [0, 0.1) is 12.3 Å². The van der Waals surface area contributed by atoms with Crippen LogP contribution in [0.3, 0.4) is 0 Å². The van der Waals surface area contributed by atoms with Gasteiger partial charge in [0.2, 0.25) is 0 Å². The van der Waals surface area contributed by atoms with Crippen LogP contribution in [-0.4, -0.2) is 23.5 Å². The van der Waals surface area contributed by atoms with Crippen LogP contribution >= 0.6 is 0 Å². The second-order valence-corrected chi connectivity index (χ2v) is 8.49. The van der Waals surface area contributed by atoms with Gasteiger partial charge < -0.3 is 15.4 Å². The number of rotatable bonds is 11. The number of nitrogens with two attached hydrogens (primary N) is 1. The Morgan fingerprint density at radius 1 is 0.944 bits per heavy atom. The lowest BCUT2D eigenvalue weighted by Gasteiger charge is -2.25. The van der Waals surface area contributed by atoms with Crippen molar-refractivity contribution in [2.24, 2.45) is 5.73 Å². The number of alkyl halides is 3. The Balaban J connectivity index is 1.84. The molecule has 2 aromatic carbocycles. The van der Waals surface area contributed by atoms with E-state index in [0.29, 0.717) is 18.4 Å². The number of halogens is 3. The Labute approximate surface area is 209 Å². The van der Waals surface area contributed by atoms with E-state index in [0.717, 1.165) is 35.5 Å². The average Bonchev–Trinajstić information content (AvgIpc) is 2.86. The molecule has 5 nitrogen and oxygen atoms in total. The van der Waals surface area contributed by atoms with Gasteiger partial charge in [-0.1, -0.05) is 43.9 Å². The van der Waals surface area contributed by atoms with E-state index < -0.39 is 17.6 Å². The summed E-state index contributed by atoms with van der Waals surface area (Å²) < 4.78 is 44.0. The molecule has 8 heteroatoms. The van der Waals surface area contributed by atoms with Gasteiger partial charge in [-0.25, -0.2) is 0 Å². The zero-order valence-corrected chi connectivity index (χ0v) is 20.5. The van der Waals surface area contributed by atoms with E-state index in [1.807, 2.05) is 60.4 Å². The standard InChI is InChI=1S/C28H31F3N4O/c1-3-4-5-6-17-36-24-14-11-22(12-15-24)35(21-9-7-20(2)8-10-21)23-13-16-26(34-19-23)25(32)18-27(33)28(29,30)31/h7-16,18-19,32H,3-6,17,33H2,1-2H3. The van der Waals surface area contributed by atoms with Gasteiger partial charge in [0.05, 0.1) is 29.9 Å². The molecular weight excluding hydrogens is 465 g/mol. The number of anilines is 3. The first-order valence-electron chi connectivity index (χ1n) is 11.9. The van der Waals surface area contributed by atoms with Crippen LogP contribution in [0.4, 0.5) is 30.2 Å². The highest BCUT2D eigenvalue weighted by Gasteiger charge is 2.31. The van der Waals surface area contributed by atoms with Crippen LogP contribution in [0.15, 0.2) is 78.6 Å². The average molecular weight is 497 g/mol. The van der Waals surface area contributed by atoms with Crippen LogP contribution in [0.1, 0.15) is 43.9 Å². The largest absolute Gasteiger partial charge is 0.494 e. The first-order valence-corrected chi connectivity index (χ1v) is 11.9. The number of aryl methyl sites for hydroxylation is 1. The summed E-state index contributed by atoms with van der Waals surface area (Å²) in [6, 6.07) is 18.9. The molecule has 3 aromatic rings. The van der Waals surface area contributed by atoms with E-state index in [1.54, 1.807) is 6.07 Å². The first kappa shape index (κ1) is 26.8. The topological polar surface area (TPSA) is 75.2 Å². The molecule has 0 saturated carbocycles. The first-order chi connectivity index (χ1) is 17.2. The van der Waals surface area contributed by atoms with Crippen molar-refractivity contribution in [3.05, 3.63) is 89.9 Å². The number of benzene rings is 2. The maximum absolute atomic E-state index is 12.7. The zero-order chi connectivity index (χ0) is 26.1. The van der Waals surface area contributed by atoms with Crippen molar-refractivity contribution in [1.82, 2.24) is 4.98 Å². The van der Waals surface area contributed by atoms with Gasteiger partial charge in [-0.15, -0.1) is 0 Å². The van der Waals surface area contributed by atoms with Gasteiger partial charge in [-0.05, 0) is 68.0 Å². The second-order valence-electron chi connectivity index (χ2n) is 8.49. The molecule has 1 aromatic heterocycles. The molecule has 190 valence electrons. The number of aromatic nitrogens is 1. The fourth-order valence-corrected chi connectivity index (χ4v) is 3.54. The van der Waals surface area contributed by atoms with Crippen molar-refractivity contribution in [2.75, 3.05) is 11.5 Å². The molecule has 0 bridgehead atoms. The monoisotopic (exact) mass is 496 g/mol. The summed E-state index contributed by atoms with van der Waals surface area (Å²) in [5.74, 6) is 0.787. The van der Waals surface area contributed by atoms with Crippen molar-refractivity contribution < 1.29 is 17.9 Å². The van der Waals surface area contributed by atoms with Crippen LogP contribution in [-0.2, 0) is 0 Å². The van der Waals surface area contributed by atoms with Gasteiger partial charge in [0.1, 0.15) is 11.4 Å². The molecule has 3 rings (SSSR count). The number of allylic oxidation sites excluding steroid dienone is 2. The third kappa shape index (κ3) is 7.34. The Morgan fingerprint density at radius 2 is 1.56 bits per heavy atom. The normalized spacial score (nSPS) is 11.9. The smallest absolute Gasteiger partial charge is 0.430 e. The van der Waals surface area contributed by atoms with Crippen LogP contribution < -0.4 is 15.4 Å². The number of nitrogens with zero attached hydrogens (tertiary/aromatic N) is 2. The molecule has 0 amide bonds.